The van der Waals surface area contributed by atoms with E-state index in [-0.39, 0.29) is 5.91 Å². The molecule has 0 aliphatic carbocycles. The number of nitrogens with zero attached hydrogens (tertiary/aromatic N) is 2. The Kier molecular flexibility index (Phi) is 5.38. The van der Waals surface area contributed by atoms with E-state index in [4.69, 9.17) is 9.84 Å². The van der Waals surface area contributed by atoms with Crippen LogP contribution in [0.5, 0.6) is 5.75 Å². The number of hydrogen-bond donors (Lipinski definition) is 1. The normalized spacial score (nSPS) is 10.5. The Morgan fingerprint density at radius 3 is 2.31 bits per heavy atom. The first-order chi connectivity index (χ1) is 14.3. The fourth-order valence-corrected chi connectivity index (χ4v) is 3.19. The van der Waals surface area contributed by atoms with Crippen LogP contribution >= 0.6 is 0 Å². The number of ether oxygens (including phenoxy) is 1. The molecule has 0 saturated carbocycles. The number of methoxy groups -OCH3 is 1. The van der Waals surface area contributed by atoms with Crippen molar-refractivity contribution in [2.75, 3.05) is 7.11 Å². The summed E-state index contributed by atoms with van der Waals surface area (Å²) >= 11 is 0. The van der Waals surface area contributed by atoms with Crippen LogP contribution in [-0.4, -0.2) is 22.8 Å². The van der Waals surface area contributed by atoms with Gasteiger partial charge in [0.05, 0.1) is 24.1 Å². The molecular formula is C24H21N3O2. The molecular weight excluding hydrogens is 362 g/mol. The maximum atomic E-state index is 12.7. The Bertz CT molecular complexity index is 1110. The zero-order chi connectivity index (χ0) is 20.1. The van der Waals surface area contributed by atoms with E-state index in [0.717, 1.165) is 22.5 Å². The number of nitrogens with one attached hydrogen (secondary N) is 1. The van der Waals surface area contributed by atoms with Gasteiger partial charge in [0.1, 0.15) is 5.75 Å². The van der Waals surface area contributed by atoms with E-state index < -0.39 is 0 Å². The summed E-state index contributed by atoms with van der Waals surface area (Å²) in [7, 11) is 1.56. The SMILES string of the molecule is COc1ccccc1C(=O)NCc1cn(-c2ccccc2)nc1-c1ccccc1. The fraction of sp³-hybridized carbons (Fsp3) is 0.0833. The Morgan fingerprint density at radius 1 is 0.931 bits per heavy atom. The van der Waals surface area contributed by atoms with Crippen molar-refractivity contribution < 1.29 is 9.53 Å². The van der Waals surface area contributed by atoms with Crippen LogP contribution in [0.4, 0.5) is 0 Å². The molecule has 5 nitrogen and oxygen atoms in total. The Balaban J connectivity index is 1.64. The van der Waals surface area contributed by atoms with Crippen LogP contribution in [0.1, 0.15) is 15.9 Å². The van der Waals surface area contributed by atoms with Gasteiger partial charge in [0.2, 0.25) is 0 Å². The summed E-state index contributed by atoms with van der Waals surface area (Å²) in [5.74, 6) is 0.363. The lowest BCUT2D eigenvalue weighted by Gasteiger charge is -2.09. The highest BCUT2D eigenvalue weighted by Gasteiger charge is 2.15. The minimum Gasteiger partial charge on any atom is -0.496 e. The van der Waals surface area contributed by atoms with Gasteiger partial charge in [-0.1, -0.05) is 60.7 Å². The van der Waals surface area contributed by atoms with Gasteiger partial charge in [0.15, 0.2) is 0 Å². The lowest BCUT2D eigenvalue weighted by molar-refractivity contribution is 0.0948. The first kappa shape index (κ1) is 18.5. The summed E-state index contributed by atoms with van der Waals surface area (Å²) < 4.78 is 7.14. The molecule has 5 heteroatoms. The van der Waals surface area contributed by atoms with E-state index in [1.54, 1.807) is 19.2 Å². The zero-order valence-electron chi connectivity index (χ0n) is 16.1. The second-order valence-electron chi connectivity index (χ2n) is 6.53. The van der Waals surface area contributed by atoms with Gasteiger partial charge in [-0.05, 0) is 24.3 Å². The molecule has 1 N–H and O–H groups in total. The smallest absolute Gasteiger partial charge is 0.255 e. The van der Waals surface area contributed by atoms with Gasteiger partial charge >= 0.3 is 0 Å². The molecule has 1 aromatic heterocycles. The summed E-state index contributed by atoms with van der Waals surface area (Å²) in [6.07, 6.45) is 1.96. The maximum absolute atomic E-state index is 12.7. The molecule has 0 aliphatic rings. The third kappa shape index (κ3) is 4.04. The predicted octanol–water partition coefficient (Wildman–Crippen LogP) is 4.48. The Morgan fingerprint density at radius 2 is 1.59 bits per heavy atom. The van der Waals surface area contributed by atoms with Crippen LogP contribution in [-0.2, 0) is 6.54 Å². The van der Waals surface area contributed by atoms with Crippen molar-refractivity contribution in [3.8, 4) is 22.7 Å². The van der Waals surface area contributed by atoms with Crippen molar-refractivity contribution >= 4 is 5.91 Å². The lowest BCUT2D eigenvalue weighted by atomic mass is 10.1. The lowest BCUT2D eigenvalue weighted by Crippen LogP contribution is -2.23. The topological polar surface area (TPSA) is 56.1 Å². The molecule has 1 heterocycles. The molecule has 0 unspecified atom stereocenters. The monoisotopic (exact) mass is 383 g/mol. The maximum Gasteiger partial charge on any atom is 0.255 e. The number of aromatic nitrogens is 2. The third-order valence-electron chi connectivity index (χ3n) is 4.65. The molecule has 4 aromatic rings. The average molecular weight is 383 g/mol. The van der Waals surface area contributed by atoms with E-state index >= 15 is 0 Å². The minimum absolute atomic E-state index is 0.186. The fourth-order valence-electron chi connectivity index (χ4n) is 3.19. The first-order valence-corrected chi connectivity index (χ1v) is 9.37. The van der Waals surface area contributed by atoms with Crippen LogP contribution in [0.25, 0.3) is 16.9 Å². The molecule has 0 atom stereocenters. The average Bonchev–Trinajstić information content (AvgIpc) is 3.23. The third-order valence-corrected chi connectivity index (χ3v) is 4.65. The molecule has 3 aromatic carbocycles. The van der Waals surface area contributed by atoms with Gasteiger partial charge in [-0.2, -0.15) is 5.10 Å². The van der Waals surface area contributed by atoms with Crippen molar-refractivity contribution in [3.63, 3.8) is 0 Å². The van der Waals surface area contributed by atoms with Crippen LogP contribution in [0.15, 0.2) is 91.1 Å². The molecule has 0 aliphatic heterocycles. The number of para-hydroxylation sites is 2. The molecule has 0 bridgehead atoms. The highest BCUT2D eigenvalue weighted by atomic mass is 16.5. The summed E-state index contributed by atoms with van der Waals surface area (Å²) in [5, 5.41) is 7.77. The number of carbonyl (C=O) groups is 1. The minimum atomic E-state index is -0.186. The van der Waals surface area contributed by atoms with Gasteiger partial charge < -0.3 is 10.1 Å². The van der Waals surface area contributed by atoms with Crippen molar-refractivity contribution in [2.24, 2.45) is 0 Å². The molecule has 1 amide bonds. The van der Waals surface area contributed by atoms with Crippen LogP contribution in [0, 0.1) is 0 Å². The van der Waals surface area contributed by atoms with Crippen molar-refractivity contribution in [3.05, 3.63) is 102 Å². The standard InChI is InChI=1S/C24H21N3O2/c1-29-22-15-9-8-14-21(22)24(28)25-16-19-17-27(20-12-6-3-7-13-20)26-23(19)18-10-4-2-5-11-18/h2-15,17H,16H2,1H3,(H,25,28). The summed E-state index contributed by atoms with van der Waals surface area (Å²) in [5.41, 5.74) is 4.25. The molecule has 4 rings (SSSR count). The van der Waals surface area contributed by atoms with Gasteiger partial charge in [0, 0.05) is 23.9 Å². The van der Waals surface area contributed by atoms with E-state index in [2.05, 4.69) is 5.32 Å². The van der Waals surface area contributed by atoms with E-state index in [1.807, 2.05) is 83.7 Å². The number of hydrogen-bond acceptors (Lipinski definition) is 3. The second kappa shape index (κ2) is 8.44. The zero-order valence-corrected chi connectivity index (χ0v) is 16.1. The molecule has 29 heavy (non-hydrogen) atoms. The number of amides is 1. The number of carbonyl (C=O) groups excluding carboxylic acids is 1. The van der Waals surface area contributed by atoms with E-state index in [9.17, 15) is 4.79 Å². The van der Waals surface area contributed by atoms with Gasteiger partial charge in [-0.3, -0.25) is 4.79 Å². The molecule has 0 radical (unpaired) electrons. The number of rotatable bonds is 6. The largest absolute Gasteiger partial charge is 0.496 e. The highest BCUT2D eigenvalue weighted by Crippen LogP contribution is 2.24. The highest BCUT2D eigenvalue weighted by molar-refractivity contribution is 5.96. The molecule has 0 fully saturated rings. The van der Waals surface area contributed by atoms with Gasteiger partial charge in [-0.25, -0.2) is 4.68 Å². The molecule has 144 valence electrons. The van der Waals surface area contributed by atoms with Crippen LogP contribution in [0.3, 0.4) is 0 Å². The van der Waals surface area contributed by atoms with Crippen molar-refractivity contribution in [1.82, 2.24) is 15.1 Å². The van der Waals surface area contributed by atoms with Crippen LogP contribution in [0.2, 0.25) is 0 Å². The van der Waals surface area contributed by atoms with E-state index in [1.165, 1.54) is 0 Å². The Labute approximate surface area is 169 Å². The number of benzene rings is 3. The summed E-state index contributed by atoms with van der Waals surface area (Å²) in [6, 6.07) is 27.1. The van der Waals surface area contributed by atoms with Crippen molar-refractivity contribution in [2.45, 2.75) is 6.54 Å². The second-order valence-corrected chi connectivity index (χ2v) is 6.53. The summed E-state index contributed by atoms with van der Waals surface area (Å²) in [6.45, 7) is 0.355. The molecule has 0 spiro atoms. The van der Waals surface area contributed by atoms with E-state index in [0.29, 0.717) is 17.9 Å². The predicted molar refractivity (Wildman–Crippen MR) is 113 cm³/mol. The molecule has 0 saturated heterocycles. The summed E-state index contributed by atoms with van der Waals surface area (Å²) in [4.78, 5) is 12.7. The van der Waals surface area contributed by atoms with Gasteiger partial charge in [-0.15, -0.1) is 0 Å². The first-order valence-electron chi connectivity index (χ1n) is 9.37. The quantitative estimate of drug-likeness (QED) is 0.534. The van der Waals surface area contributed by atoms with Crippen LogP contribution < -0.4 is 10.1 Å². The van der Waals surface area contributed by atoms with Crippen molar-refractivity contribution in [1.29, 1.82) is 0 Å². The Hall–Kier alpha value is -3.86. The van der Waals surface area contributed by atoms with Gasteiger partial charge in [0.25, 0.3) is 5.91 Å².